The normalized spacial score (nSPS) is 18.3. The van der Waals surface area contributed by atoms with Crippen LogP contribution in [0, 0.1) is 11.5 Å². The lowest BCUT2D eigenvalue weighted by Gasteiger charge is -2.29. The minimum Gasteiger partial charge on any atom is -0.493 e. The fourth-order valence-corrected chi connectivity index (χ4v) is 4.07. The summed E-state index contributed by atoms with van der Waals surface area (Å²) in [5.41, 5.74) is 9.75. The average Bonchev–Trinajstić information content (AvgIpc) is 3.24. The van der Waals surface area contributed by atoms with E-state index >= 15 is 0 Å². The molecule has 2 atom stereocenters. The molecule has 0 fully saturated rings. The lowest BCUT2D eigenvalue weighted by atomic mass is 10.00. The van der Waals surface area contributed by atoms with Crippen molar-refractivity contribution in [2.24, 2.45) is 10.7 Å². The van der Waals surface area contributed by atoms with Crippen LogP contribution in [-0.2, 0) is 9.47 Å². The predicted octanol–water partition coefficient (Wildman–Crippen LogP) is 3.48. The number of nitrogens with zero attached hydrogens (tertiary/aromatic N) is 3. The lowest BCUT2D eigenvalue weighted by molar-refractivity contribution is -0.109. The molecule has 0 aliphatic heterocycles. The van der Waals surface area contributed by atoms with Gasteiger partial charge in [0.15, 0.2) is 17.8 Å². The molecule has 2 aliphatic carbocycles. The van der Waals surface area contributed by atoms with Gasteiger partial charge in [-0.2, -0.15) is 5.26 Å². The Hall–Kier alpha value is -3.28. The van der Waals surface area contributed by atoms with Crippen molar-refractivity contribution in [2.75, 3.05) is 34.4 Å². The molecule has 33 heavy (non-hydrogen) atoms. The van der Waals surface area contributed by atoms with Crippen LogP contribution in [0.5, 0.6) is 11.5 Å². The molecule has 2 unspecified atom stereocenters. The Kier molecular flexibility index (Phi) is 8.52. The van der Waals surface area contributed by atoms with Gasteiger partial charge in [-0.1, -0.05) is 31.2 Å². The molecule has 8 heteroatoms. The zero-order chi connectivity index (χ0) is 23.8. The number of nitriles is 1. The van der Waals surface area contributed by atoms with E-state index in [9.17, 15) is 0 Å². The smallest absolute Gasteiger partial charge is 0.209 e. The van der Waals surface area contributed by atoms with Gasteiger partial charge < -0.3 is 29.6 Å². The summed E-state index contributed by atoms with van der Waals surface area (Å²) < 4.78 is 22.5. The van der Waals surface area contributed by atoms with Gasteiger partial charge in [0.2, 0.25) is 12.2 Å². The molecule has 0 bridgehead atoms. The Morgan fingerprint density at radius 2 is 2.00 bits per heavy atom. The quantitative estimate of drug-likeness (QED) is 0.251. The van der Waals surface area contributed by atoms with E-state index in [1.807, 2.05) is 18.2 Å². The third kappa shape index (κ3) is 6.15. The molecule has 3 rings (SSSR count). The van der Waals surface area contributed by atoms with E-state index in [0.29, 0.717) is 24.6 Å². The second-order valence-electron chi connectivity index (χ2n) is 8.06. The molecule has 1 aromatic rings. The highest BCUT2D eigenvalue weighted by Gasteiger charge is 2.24. The fourth-order valence-electron chi connectivity index (χ4n) is 4.07. The first-order chi connectivity index (χ1) is 16.0. The third-order valence-electron chi connectivity index (χ3n) is 5.90. The second-order valence-corrected chi connectivity index (χ2v) is 8.06. The molecule has 8 nitrogen and oxygen atoms in total. The molecule has 0 saturated heterocycles. The van der Waals surface area contributed by atoms with Gasteiger partial charge in [-0.05, 0) is 47.3 Å². The molecule has 0 spiro atoms. The summed E-state index contributed by atoms with van der Waals surface area (Å²) in [4.78, 5) is 5.47. The highest BCUT2D eigenvalue weighted by molar-refractivity contribution is 5.79. The van der Waals surface area contributed by atoms with E-state index < -0.39 is 6.29 Å². The number of aliphatic imine (C=N–C) groups is 1. The largest absolute Gasteiger partial charge is 0.493 e. The van der Waals surface area contributed by atoms with Crippen LogP contribution in [0.3, 0.4) is 0 Å². The van der Waals surface area contributed by atoms with Crippen molar-refractivity contribution in [1.82, 2.24) is 4.90 Å². The van der Waals surface area contributed by atoms with Gasteiger partial charge in [-0.25, -0.2) is 0 Å². The maximum Gasteiger partial charge on any atom is 0.209 e. The van der Waals surface area contributed by atoms with Gasteiger partial charge in [0.05, 0.1) is 13.7 Å². The van der Waals surface area contributed by atoms with E-state index in [1.54, 1.807) is 32.4 Å². The highest BCUT2D eigenvalue weighted by atomic mass is 16.7. The van der Waals surface area contributed by atoms with Gasteiger partial charge >= 0.3 is 0 Å². The Morgan fingerprint density at radius 3 is 2.67 bits per heavy atom. The van der Waals surface area contributed by atoms with Crippen LogP contribution in [0.2, 0.25) is 0 Å². The van der Waals surface area contributed by atoms with Crippen molar-refractivity contribution in [3.8, 4) is 17.7 Å². The van der Waals surface area contributed by atoms with Crippen molar-refractivity contribution in [1.29, 1.82) is 5.26 Å². The number of rotatable bonds is 10. The Morgan fingerprint density at radius 1 is 1.21 bits per heavy atom. The van der Waals surface area contributed by atoms with E-state index in [1.165, 1.54) is 11.1 Å². The summed E-state index contributed by atoms with van der Waals surface area (Å²) in [6.07, 6.45) is 11.6. The Balaban J connectivity index is 1.77. The van der Waals surface area contributed by atoms with Crippen LogP contribution in [0.1, 0.15) is 31.2 Å². The first-order valence-electron chi connectivity index (χ1n) is 10.9. The molecule has 0 heterocycles. The summed E-state index contributed by atoms with van der Waals surface area (Å²) in [6.45, 7) is 2.93. The molecule has 0 amide bonds. The van der Waals surface area contributed by atoms with E-state index in [2.05, 4.69) is 36.2 Å². The topological polar surface area (TPSA) is 102 Å². The monoisotopic (exact) mass is 452 g/mol. The first-order valence-corrected chi connectivity index (χ1v) is 10.9. The molecule has 0 aromatic heterocycles. The lowest BCUT2D eigenvalue weighted by Crippen LogP contribution is -2.44. The second kappa shape index (κ2) is 11.5. The SMILES string of the molecule is COc1ccc(C(C)CN(CC(OC)OC)C(N)=NC#N)cc1OC1C=C2CC=CC=C2C1. The number of nitrogens with two attached hydrogens (primary N) is 1. The van der Waals surface area contributed by atoms with E-state index in [4.69, 9.17) is 29.9 Å². The Bertz CT molecular complexity index is 989. The van der Waals surface area contributed by atoms with Crippen LogP contribution in [-0.4, -0.2) is 57.7 Å². The summed E-state index contributed by atoms with van der Waals surface area (Å²) >= 11 is 0. The van der Waals surface area contributed by atoms with Gasteiger partial charge in [-0.3, -0.25) is 0 Å². The van der Waals surface area contributed by atoms with Gasteiger partial charge in [-0.15, -0.1) is 4.99 Å². The number of fused-ring (bicyclic) bond motifs is 1. The van der Waals surface area contributed by atoms with Crippen LogP contribution < -0.4 is 15.2 Å². The number of methoxy groups -OCH3 is 3. The van der Waals surface area contributed by atoms with Gasteiger partial charge in [0.1, 0.15) is 6.10 Å². The molecule has 0 saturated carbocycles. The van der Waals surface area contributed by atoms with Crippen molar-refractivity contribution >= 4 is 5.96 Å². The van der Waals surface area contributed by atoms with Crippen LogP contribution in [0.25, 0.3) is 0 Å². The number of hydrogen-bond donors (Lipinski definition) is 1. The van der Waals surface area contributed by atoms with Crippen molar-refractivity contribution in [2.45, 2.75) is 38.1 Å². The van der Waals surface area contributed by atoms with Crippen molar-refractivity contribution < 1.29 is 18.9 Å². The van der Waals surface area contributed by atoms with Gasteiger partial charge in [0, 0.05) is 27.2 Å². The Labute approximate surface area is 195 Å². The highest BCUT2D eigenvalue weighted by Crippen LogP contribution is 2.37. The third-order valence-corrected chi connectivity index (χ3v) is 5.90. The summed E-state index contributed by atoms with van der Waals surface area (Å²) in [6, 6.07) is 5.94. The maximum absolute atomic E-state index is 8.94. The molecule has 0 radical (unpaired) electrons. The number of ether oxygens (including phenoxy) is 4. The minimum absolute atomic E-state index is 0.0234. The zero-order valence-corrected chi connectivity index (χ0v) is 19.7. The van der Waals surface area contributed by atoms with E-state index in [0.717, 1.165) is 18.4 Å². The summed E-state index contributed by atoms with van der Waals surface area (Å²) in [7, 11) is 4.75. The summed E-state index contributed by atoms with van der Waals surface area (Å²) in [5.74, 6) is 1.56. The number of allylic oxidation sites excluding steroid dienone is 4. The molecule has 2 aliphatic rings. The predicted molar refractivity (Wildman–Crippen MR) is 127 cm³/mol. The fraction of sp³-hybridized carbons (Fsp3) is 0.440. The molecule has 1 aromatic carbocycles. The number of hydrogen-bond acceptors (Lipinski definition) is 6. The standard InChI is InChI=1S/C25H32N4O4/c1-17(14-29(25(27)28-16-26)15-24(31-3)32-4)18-9-10-22(30-2)23(13-18)33-21-11-19-7-5-6-8-20(19)12-21/h5-7,9-10,12-13,17,21,24H,8,11,14-15H2,1-4H3,(H2,27,28). The zero-order valence-electron chi connectivity index (χ0n) is 19.7. The van der Waals surface area contributed by atoms with Crippen LogP contribution in [0.4, 0.5) is 0 Å². The molecule has 176 valence electrons. The van der Waals surface area contributed by atoms with Gasteiger partial charge in [0.25, 0.3) is 0 Å². The van der Waals surface area contributed by atoms with Crippen molar-refractivity contribution in [3.63, 3.8) is 0 Å². The number of benzene rings is 1. The first kappa shape index (κ1) is 24.4. The molecular weight excluding hydrogens is 420 g/mol. The maximum atomic E-state index is 8.94. The average molecular weight is 453 g/mol. The van der Waals surface area contributed by atoms with Crippen molar-refractivity contribution in [3.05, 3.63) is 59.2 Å². The number of guanidine groups is 1. The molecule has 2 N–H and O–H groups in total. The molecular formula is C25H32N4O4. The van der Waals surface area contributed by atoms with Crippen LogP contribution >= 0.6 is 0 Å². The summed E-state index contributed by atoms with van der Waals surface area (Å²) in [5, 5.41) is 8.94. The van der Waals surface area contributed by atoms with Crippen LogP contribution in [0.15, 0.2) is 58.6 Å². The minimum atomic E-state index is -0.498. The van der Waals surface area contributed by atoms with E-state index in [-0.39, 0.29) is 18.0 Å².